The van der Waals surface area contributed by atoms with Gasteiger partial charge in [-0.3, -0.25) is 29.4 Å². The van der Waals surface area contributed by atoms with E-state index < -0.39 is 11.9 Å². The molecule has 2 atom stereocenters. The van der Waals surface area contributed by atoms with Crippen molar-refractivity contribution in [3.05, 3.63) is 99.1 Å². The maximum atomic E-state index is 12.9. The number of amides is 4. The van der Waals surface area contributed by atoms with Crippen LogP contribution in [0.4, 0.5) is 5.69 Å². The molecule has 3 aliphatic heterocycles. The number of hydrogen-bond acceptors (Lipinski definition) is 7. The van der Waals surface area contributed by atoms with Crippen molar-refractivity contribution in [2.45, 2.75) is 51.5 Å². The molecule has 0 saturated carbocycles. The van der Waals surface area contributed by atoms with Crippen LogP contribution in [0.2, 0.25) is 5.02 Å². The highest BCUT2D eigenvalue weighted by Crippen LogP contribution is 2.29. The Hall–Kier alpha value is -4.25. The quantitative estimate of drug-likeness (QED) is 0.328. The number of nitrogens with zero attached hydrogens (tertiary/aromatic N) is 3. The van der Waals surface area contributed by atoms with Gasteiger partial charge in [0.2, 0.25) is 11.8 Å². The molecule has 6 rings (SSSR count). The minimum atomic E-state index is -0.661. The molecule has 2 fully saturated rings. The Labute approximate surface area is 266 Å². The number of fused-ring (bicyclic) bond motifs is 1. The second-order valence-corrected chi connectivity index (χ2v) is 12.4. The highest BCUT2D eigenvalue weighted by Gasteiger charge is 2.39. The lowest BCUT2D eigenvalue weighted by Crippen LogP contribution is -2.54. The lowest BCUT2D eigenvalue weighted by atomic mass is 10.0. The minimum Gasteiger partial charge on any atom is -0.395 e. The molecule has 3 N–H and O–H groups in total. The lowest BCUT2D eigenvalue weighted by Gasteiger charge is -2.42. The summed E-state index contributed by atoms with van der Waals surface area (Å²) in [5.74, 6) is -1.19. The molecular weight excluding hydrogens is 594 g/mol. The third-order valence-corrected chi connectivity index (χ3v) is 9.39. The largest absolute Gasteiger partial charge is 0.395 e. The Balaban J connectivity index is 1.02. The van der Waals surface area contributed by atoms with E-state index in [9.17, 15) is 24.3 Å². The summed E-state index contributed by atoms with van der Waals surface area (Å²) >= 11 is 6.34. The van der Waals surface area contributed by atoms with Gasteiger partial charge >= 0.3 is 0 Å². The number of rotatable bonds is 8. The molecule has 2 unspecified atom stereocenters. The number of piperazine rings is 1. The Morgan fingerprint density at radius 2 is 1.80 bits per heavy atom. The third kappa shape index (κ3) is 6.58. The zero-order valence-corrected chi connectivity index (χ0v) is 25.8. The van der Waals surface area contributed by atoms with E-state index in [4.69, 9.17) is 11.6 Å². The van der Waals surface area contributed by atoms with E-state index in [2.05, 4.69) is 26.5 Å². The van der Waals surface area contributed by atoms with Crippen molar-refractivity contribution in [3.63, 3.8) is 0 Å². The molecule has 10 nitrogen and oxygen atoms in total. The number of piperidine rings is 1. The van der Waals surface area contributed by atoms with Crippen molar-refractivity contribution < 1.29 is 24.3 Å². The van der Waals surface area contributed by atoms with Crippen LogP contribution in [0.5, 0.6) is 0 Å². The smallest absolute Gasteiger partial charge is 0.255 e. The highest BCUT2D eigenvalue weighted by atomic mass is 35.5. The molecule has 3 aliphatic rings. The predicted molar refractivity (Wildman–Crippen MR) is 170 cm³/mol. The number of aryl methyl sites for hydroxylation is 1. The zero-order chi connectivity index (χ0) is 31.7. The number of halogens is 1. The van der Waals surface area contributed by atoms with E-state index in [0.717, 1.165) is 46.1 Å². The fraction of sp³-hybridized carbons (Fsp3) is 0.353. The maximum absolute atomic E-state index is 12.9. The van der Waals surface area contributed by atoms with E-state index in [0.29, 0.717) is 30.6 Å². The van der Waals surface area contributed by atoms with Crippen molar-refractivity contribution in [2.24, 2.45) is 0 Å². The van der Waals surface area contributed by atoms with Gasteiger partial charge in [0.1, 0.15) is 6.04 Å². The zero-order valence-electron chi connectivity index (χ0n) is 25.1. The van der Waals surface area contributed by atoms with Crippen LogP contribution in [0.15, 0.2) is 60.7 Å². The van der Waals surface area contributed by atoms with E-state index >= 15 is 0 Å². The summed E-state index contributed by atoms with van der Waals surface area (Å²) < 4.78 is 0. The van der Waals surface area contributed by atoms with Crippen LogP contribution in [0.25, 0.3) is 0 Å². The molecule has 0 bridgehead atoms. The van der Waals surface area contributed by atoms with Gasteiger partial charge in [-0.15, -0.1) is 0 Å². The number of benzene rings is 3. The first-order chi connectivity index (χ1) is 21.7. The lowest BCUT2D eigenvalue weighted by molar-refractivity contribution is -0.136. The summed E-state index contributed by atoms with van der Waals surface area (Å²) in [6.07, 6.45) is 0.522. The van der Waals surface area contributed by atoms with E-state index in [1.54, 1.807) is 12.1 Å². The van der Waals surface area contributed by atoms with Crippen LogP contribution in [0.3, 0.4) is 0 Å². The summed E-state index contributed by atoms with van der Waals surface area (Å²) in [6, 6.07) is 18.3. The molecule has 11 heteroatoms. The standard InChI is InChI=1S/C34H36ClN5O5/c1-21-2-8-26(15-29(21)35)39-13-12-38(27(19-39)20-41)17-22-3-6-24(7-4-22)32(43)36-16-23-5-9-28-25(14-23)18-40(34(28)45)30-10-11-31(42)37-33(30)44/h2-9,14-15,27,30,41H,10-13,16-20H2,1H3,(H,36,43)(H,37,42,44). The molecule has 45 heavy (non-hydrogen) atoms. The monoisotopic (exact) mass is 629 g/mol. The third-order valence-electron chi connectivity index (χ3n) is 8.98. The number of nitrogens with one attached hydrogen (secondary N) is 2. The molecular formula is C34H36ClN5O5. The number of carbonyl (C=O) groups is 4. The Kier molecular flexibility index (Phi) is 8.89. The summed E-state index contributed by atoms with van der Waals surface area (Å²) in [7, 11) is 0. The average molecular weight is 630 g/mol. The van der Waals surface area contributed by atoms with Gasteiger partial charge in [-0.05, 0) is 65.9 Å². The number of imide groups is 1. The first-order valence-electron chi connectivity index (χ1n) is 15.2. The normalized spacial score (nSPS) is 20.3. The van der Waals surface area contributed by atoms with Gasteiger partial charge < -0.3 is 20.2 Å². The van der Waals surface area contributed by atoms with Gasteiger partial charge in [0.05, 0.1) is 12.6 Å². The van der Waals surface area contributed by atoms with Crippen LogP contribution in [-0.4, -0.2) is 76.9 Å². The van der Waals surface area contributed by atoms with Crippen molar-refractivity contribution >= 4 is 40.9 Å². The van der Waals surface area contributed by atoms with E-state index in [1.165, 1.54) is 4.90 Å². The molecule has 2 saturated heterocycles. The van der Waals surface area contributed by atoms with Crippen LogP contribution in [0, 0.1) is 6.92 Å². The van der Waals surface area contributed by atoms with Crippen molar-refractivity contribution in [3.8, 4) is 0 Å². The second kappa shape index (κ2) is 13.0. The summed E-state index contributed by atoms with van der Waals surface area (Å²) in [6.45, 7) is 5.57. The first kappa shape index (κ1) is 30.8. The fourth-order valence-electron chi connectivity index (χ4n) is 6.31. The number of hydrogen-bond donors (Lipinski definition) is 3. The van der Waals surface area contributed by atoms with Crippen molar-refractivity contribution in [2.75, 3.05) is 31.1 Å². The Morgan fingerprint density at radius 3 is 2.53 bits per heavy atom. The number of carbonyl (C=O) groups excluding carboxylic acids is 4. The van der Waals surface area contributed by atoms with Crippen LogP contribution >= 0.6 is 11.6 Å². The Bertz CT molecular complexity index is 1640. The summed E-state index contributed by atoms with van der Waals surface area (Å²) in [5, 5.41) is 16.1. The number of aliphatic hydroxyl groups is 1. The molecule has 3 aromatic rings. The summed E-state index contributed by atoms with van der Waals surface area (Å²) in [5.41, 5.74) is 5.87. The van der Waals surface area contributed by atoms with Crippen molar-refractivity contribution in [1.82, 2.24) is 20.4 Å². The molecule has 0 radical (unpaired) electrons. The predicted octanol–water partition coefficient (Wildman–Crippen LogP) is 3.02. The topological polar surface area (TPSA) is 122 Å². The summed E-state index contributed by atoms with van der Waals surface area (Å²) in [4.78, 5) is 55.7. The molecule has 3 heterocycles. The molecule has 4 amide bonds. The molecule has 0 aromatic heterocycles. The van der Waals surface area contributed by atoms with E-state index in [1.807, 2.05) is 49.4 Å². The maximum Gasteiger partial charge on any atom is 0.255 e. The fourth-order valence-corrected chi connectivity index (χ4v) is 6.48. The molecule has 0 aliphatic carbocycles. The highest BCUT2D eigenvalue weighted by molar-refractivity contribution is 6.31. The second-order valence-electron chi connectivity index (χ2n) is 12.0. The SMILES string of the molecule is Cc1ccc(N2CCN(Cc3ccc(C(=O)NCc4ccc5c(c4)CN(C4CCC(=O)NC4=O)C5=O)cc3)C(CO)C2)cc1Cl. The van der Waals surface area contributed by atoms with Gasteiger partial charge in [0, 0.05) is 67.5 Å². The van der Waals surface area contributed by atoms with E-state index in [-0.39, 0.29) is 49.9 Å². The van der Waals surface area contributed by atoms with Crippen LogP contribution in [-0.2, 0) is 29.2 Å². The minimum absolute atomic E-state index is 0.0273. The van der Waals surface area contributed by atoms with Gasteiger partial charge in [-0.2, -0.15) is 0 Å². The number of aliphatic hydroxyl groups excluding tert-OH is 1. The molecule has 234 valence electrons. The van der Waals surface area contributed by atoms with Gasteiger partial charge in [-0.1, -0.05) is 41.9 Å². The molecule has 0 spiro atoms. The van der Waals surface area contributed by atoms with Crippen LogP contribution in [0.1, 0.15) is 55.8 Å². The number of anilines is 1. The van der Waals surface area contributed by atoms with Gasteiger partial charge in [0.25, 0.3) is 11.8 Å². The van der Waals surface area contributed by atoms with Crippen molar-refractivity contribution in [1.29, 1.82) is 0 Å². The van der Waals surface area contributed by atoms with Gasteiger partial charge in [0.15, 0.2) is 0 Å². The first-order valence-corrected chi connectivity index (χ1v) is 15.6. The Morgan fingerprint density at radius 1 is 1.02 bits per heavy atom. The average Bonchev–Trinajstić information content (AvgIpc) is 3.36. The molecule has 3 aromatic carbocycles. The van der Waals surface area contributed by atoms with Crippen LogP contribution < -0.4 is 15.5 Å². The van der Waals surface area contributed by atoms with Gasteiger partial charge in [-0.25, -0.2) is 0 Å².